The monoisotopic (exact) mass is 361 g/mol. The second-order valence-electron chi connectivity index (χ2n) is 7.04. The van der Waals surface area contributed by atoms with E-state index in [1.165, 1.54) is 0 Å². The van der Waals surface area contributed by atoms with Gasteiger partial charge in [-0.2, -0.15) is 0 Å². The Morgan fingerprint density at radius 3 is 2.46 bits per heavy atom. The molecule has 1 aromatic rings. The fourth-order valence-electron chi connectivity index (χ4n) is 3.67. The van der Waals surface area contributed by atoms with Crippen LogP contribution in [0.2, 0.25) is 0 Å². The van der Waals surface area contributed by atoms with Crippen LogP contribution in [-0.2, 0) is 21.4 Å². The van der Waals surface area contributed by atoms with E-state index in [4.69, 9.17) is 4.74 Å². The number of hydrogen-bond acceptors (Lipinski definition) is 5. The Kier molecular flexibility index (Phi) is 4.60. The topological polar surface area (TPSA) is 97.7 Å². The maximum atomic E-state index is 12.5. The van der Waals surface area contributed by atoms with Gasteiger partial charge in [0.1, 0.15) is 12.1 Å². The Morgan fingerprint density at radius 2 is 1.88 bits per heavy atom. The van der Waals surface area contributed by atoms with Crippen molar-refractivity contribution in [3.8, 4) is 0 Å². The SMILES string of the molecule is Cc1cc(C(=O)COC(=O)CN2C(=O)NC3(CCCC3)C2=O)c(C)n1C. The molecule has 0 radical (unpaired) electrons. The molecule has 2 aliphatic rings. The molecule has 2 fully saturated rings. The molecule has 1 saturated heterocycles. The number of imide groups is 1. The number of hydrogen-bond donors (Lipinski definition) is 1. The summed E-state index contributed by atoms with van der Waals surface area (Å²) in [5, 5.41) is 2.70. The van der Waals surface area contributed by atoms with Crippen molar-refractivity contribution < 1.29 is 23.9 Å². The van der Waals surface area contributed by atoms with Gasteiger partial charge in [0.25, 0.3) is 5.91 Å². The first-order valence-corrected chi connectivity index (χ1v) is 8.71. The summed E-state index contributed by atoms with van der Waals surface area (Å²) in [5.74, 6) is -1.47. The highest BCUT2D eigenvalue weighted by Gasteiger charge is 2.52. The lowest BCUT2D eigenvalue weighted by molar-refractivity contribution is -0.146. The summed E-state index contributed by atoms with van der Waals surface area (Å²) in [5.41, 5.74) is 1.36. The van der Waals surface area contributed by atoms with E-state index in [-0.39, 0.29) is 11.7 Å². The molecule has 8 nitrogen and oxygen atoms in total. The summed E-state index contributed by atoms with van der Waals surface area (Å²) in [7, 11) is 1.85. The van der Waals surface area contributed by atoms with Crippen LogP contribution >= 0.6 is 0 Å². The van der Waals surface area contributed by atoms with E-state index in [0.29, 0.717) is 18.4 Å². The summed E-state index contributed by atoms with van der Waals surface area (Å²) >= 11 is 0. The van der Waals surface area contributed by atoms with Gasteiger partial charge in [-0.1, -0.05) is 12.8 Å². The van der Waals surface area contributed by atoms with Crippen molar-refractivity contribution in [2.24, 2.45) is 7.05 Å². The van der Waals surface area contributed by atoms with Crippen LogP contribution in [0.3, 0.4) is 0 Å². The lowest BCUT2D eigenvalue weighted by atomic mass is 9.98. The number of nitrogens with one attached hydrogen (secondary N) is 1. The Balaban J connectivity index is 1.57. The van der Waals surface area contributed by atoms with E-state index < -0.39 is 30.7 Å². The zero-order valence-corrected chi connectivity index (χ0v) is 15.3. The first kappa shape index (κ1) is 18.2. The third-order valence-corrected chi connectivity index (χ3v) is 5.43. The number of rotatable bonds is 5. The van der Waals surface area contributed by atoms with Crippen LogP contribution in [0, 0.1) is 13.8 Å². The van der Waals surface area contributed by atoms with E-state index >= 15 is 0 Å². The minimum Gasteiger partial charge on any atom is -0.456 e. The molecule has 1 saturated carbocycles. The third-order valence-electron chi connectivity index (χ3n) is 5.43. The lowest BCUT2D eigenvalue weighted by Crippen LogP contribution is -2.44. The highest BCUT2D eigenvalue weighted by atomic mass is 16.5. The third kappa shape index (κ3) is 3.00. The highest BCUT2D eigenvalue weighted by molar-refractivity contribution is 6.09. The van der Waals surface area contributed by atoms with Crippen LogP contribution in [0.1, 0.15) is 47.4 Å². The number of amides is 3. The van der Waals surface area contributed by atoms with Gasteiger partial charge < -0.3 is 14.6 Å². The molecular weight excluding hydrogens is 338 g/mol. The number of carbonyl (C=O) groups is 4. The number of nitrogens with zero attached hydrogens (tertiary/aromatic N) is 2. The van der Waals surface area contributed by atoms with E-state index in [0.717, 1.165) is 29.1 Å². The zero-order valence-electron chi connectivity index (χ0n) is 15.3. The molecule has 8 heteroatoms. The van der Waals surface area contributed by atoms with Gasteiger partial charge >= 0.3 is 12.0 Å². The minimum absolute atomic E-state index is 0.316. The van der Waals surface area contributed by atoms with Crippen molar-refractivity contribution in [2.75, 3.05) is 13.2 Å². The Bertz CT molecular complexity index is 789. The Labute approximate surface area is 151 Å². The van der Waals surface area contributed by atoms with Crippen LogP contribution in [0.4, 0.5) is 4.79 Å². The number of aryl methyl sites for hydroxylation is 1. The molecule has 26 heavy (non-hydrogen) atoms. The summed E-state index contributed by atoms with van der Waals surface area (Å²) in [6, 6.07) is 1.17. The Morgan fingerprint density at radius 1 is 1.23 bits per heavy atom. The highest BCUT2D eigenvalue weighted by Crippen LogP contribution is 2.34. The predicted octanol–water partition coefficient (Wildman–Crippen LogP) is 1.23. The average Bonchev–Trinajstić information content (AvgIpc) is 3.24. The van der Waals surface area contributed by atoms with Crippen molar-refractivity contribution in [3.05, 3.63) is 23.0 Å². The largest absolute Gasteiger partial charge is 0.456 e. The number of Topliss-reactive ketones (excluding diaryl/α,β-unsaturated/α-hetero) is 1. The van der Waals surface area contributed by atoms with Crippen molar-refractivity contribution in [3.63, 3.8) is 0 Å². The van der Waals surface area contributed by atoms with Crippen LogP contribution in [0.15, 0.2) is 6.07 Å². The zero-order chi connectivity index (χ0) is 19.1. The van der Waals surface area contributed by atoms with Crippen molar-refractivity contribution in [1.29, 1.82) is 0 Å². The van der Waals surface area contributed by atoms with Gasteiger partial charge in [0.2, 0.25) is 5.78 Å². The molecule has 0 bridgehead atoms. The van der Waals surface area contributed by atoms with Gasteiger partial charge in [-0.3, -0.25) is 19.3 Å². The van der Waals surface area contributed by atoms with Crippen LogP contribution in [-0.4, -0.2) is 51.8 Å². The molecule has 0 atom stereocenters. The molecule has 1 N–H and O–H groups in total. The standard InChI is InChI=1S/C18H23N3O5/c1-11-8-13(12(2)20(11)3)14(22)10-26-15(23)9-21-16(24)18(19-17(21)25)6-4-5-7-18/h8H,4-7,9-10H2,1-3H3,(H,19,25). The number of esters is 1. The summed E-state index contributed by atoms with van der Waals surface area (Å²) in [6.07, 6.45) is 2.92. The smallest absolute Gasteiger partial charge is 0.326 e. The number of ketones is 1. The quantitative estimate of drug-likeness (QED) is 0.483. The molecule has 3 amide bonds. The predicted molar refractivity (Wildman–Crippen MR) is 91.6 cm³/mol. The van der Waals surface area contributed by atoms with Gasteiger partial charge in [0.05, 0.1) is 0 Å². The number of urea groups is 1. The number of ether oxygens (including phenoxy) is 1. The van der Waals surface area contributed by atoms with Gasteiger partial charge in [-0.25, -0.2) is 4.79 Å². The average molecular weight is 361 g/mol. The molecule has 1 aromatic heterocycles. The van der Waals surface area contributed by atoms with Crippen molar-refractivity contribution in [1.82, 2.24) is 14.8 Å². The first-order valence-electron chi connectivity index (χ1n) is 8.71. The molecular formula is C18H23N3O5. The van der Waals surface area contributed by atoms with Gasteiger partial charge in [-0.05, 0) is 32.8 Å². The maximum Gasteiger partial charge on any atom is 0.326 e. The first-order chi connectivity index (χ1) is 12.2. The van der Waals surface area contributed by atoms with E-state index in [2.05, 4.69) is 5.32 Å². The van der Waals surface area contributed by atoms with E-state index in [1.807, 2.05) is 25.5 Å². The number of carbonyl (C=O) groups excluding carboxylic acids is 4. The Hall–Kier alpha value is -2.64. The van der Waals surface area contributed by atoms with Gasteiger partial charge in [0.15, 0.2) is 6.61 Å². The summed E-state index contributed by atoms with van der Waals surface area (Å²) in [4.78, 5) is 49.7. The van der Waals surface area contributed by atoms with E-state index in [1.54, 1.807) is 6.07 Å². The summed E-state index contributed by atoms with van der Waals surface area (Å²) in [6.45, 7) is 2.80. The van der Waals surface area contributed by atoms with Crippen LogP contribution in [0.5, 0.6) is 0 Å². The van der Waals surface area contributed by atoms with Crippen molar-refractivity contribution >= 4 is 23.7 Å². The lowest BCUT2D eigenvalue weighted by Gasteiger charge is -2.19. The number of aromatic nitrogens is 1. The summed E-state index contributed by atoms with van der Waals surface area (Å²) < 4.78 is 6.88. The minimum atomic E-state index is -0.855. The van der Waals surface area contributed by atoms with E-state index in [9.17, 15) is 19.2 Å². The molecule has 3 rings (SSSR count). The van der Waals surface area contributed by atoms with Gasteiger partial charge in [0, 0.05) is 24.0 Å². The molecule has 140 valence electrons. The molecule has 0 aromatic carbocycles. The second kappa shape index (κ2) is 6.59. The maximum absolute atomic E-state index is 12.5. The fraction of sp³-hybridized carbons (Fsp3) is 0.556. The molecule has 1 aliphatic heterocycles. The van der Waals surface area contributed by atoms with Crippen molar-refractivity contribution in [2.45, 2.75) is 45.1 Å². The normalized spacial score (nSPS) is 18.5. The van der Waals surface area contributed by atoms with Gasteiger partial charge in [-0.15, -0.1) is 0 Å². The molecule has 1 aliphatic carbocycles. The van der Waals surface area contributed by atoms with Crippen LogP contribution < -0.4 is 5.32 Å². The second-order valence-corrected chi connectivity index (χ2v) is 7.04. The molecule has 0 unspecified atom stereocenters. The fourth-order valence-corrected chi connectivity index (χ4v) is 3.67. The molecule has 2 heterocycles. The molecule has 1 spiro atoms. The van der Waals surface area contributed by atoms with Crippen LogP contribution in [0.25, 0.3) is 0 Å².